The van der Waals surface area contributed by atoms with E-state index >= 15 is 0 Å². The van der Waals surface area contributed by atoms with Gasteiger partial charge in [-0.1, -0.05) is 6.07 Å². The summed E-state index contributed by atoms with van der Waals surface area (Å²) in [7, 11) is 1.98. The maximum Gasteiger partial charge on any atom is 0.416 e. The number of aromatic nitrogens is 1. The van der Waals surface area contributed by atoms with Crippen LogP contribution in [0.5, 0.6) is 17.2 Å². The second-order valence-electron chi connectivity index (χ2n) is 10.9. The summed E-state index contributed by atoms with van der Waals surface area (Å²) < 4.78 is 67.1. The molecule has 2 aromatic carbocycles. The summed E-state index contributed by atoms with van der Waals surface area (Å²) in [6.07, 6.45) is -0.714. The monoisotopic (exact) mass is 585 g/mol. The first-order valence-corrected chi connectivity index (χ1v) is 13.8. The van der Waals surface area contributed by atoms with Crippen molar-refractivity contribution in [3.8, 4) is 17.2 Å². The molecule has 1 amide bonds. The van der Waals surface area contributed by atoms with E-state index in [-0.39, 0.29) is 59.4 Å². The van der Waals surface area contributed by atoms with Crippen molar-refractivity contribution in [1.82, 2.24) is 9.88 Å². The maximum atomic E-state index is 14.9. The van der Waals surface area contributed by atoms with Gasteiger partial charge in [0, 0.05) is 44.1 Å². The van der Waals surface area contributed by atoms with E-state index in [0.717, 1.165) is 44.1 Å². The van der Waals surface area contributed by atoms with Gasteiger partial charge in [-0.2, -0.15) is 13.2 Å². The van der Waals surface area contributed by atoms with Gasteiger partial charge in [0.15, 0.2) is 11.6 Å². The van der Waals surface area contributed by atoms with Crippen LogP contribution in [0, 0.1) is 11.7 Å². The Labute approximate surface area is 240 Å². The number of carbonyl (C=O) groups excluding carboxylic acids is 2. The van der Waals surface area contributed by atoms with Gasteiger partial charge in [0.25, 0.3) is 0 Å². The van der Waals surface area contributed by atoms with Crippen molar-refractivity contribution in [2.24, 2.45) is 5.92 Å². The first-order valence-electron chi connectivity index (χ1n) is 13.8. The molecule has 1 aliphatic heterocycles. The van der Waals surface area contributed by atoms with Gasteiger partial charge < -0.3 is 19.7 Å². The van der Waals surface area contributed by atoms with Crippen LogP contribution < -0.4 is 14.8 Å². The highest BCUT2D eigenvalue weighted by molar-refractivity contribution is 5.93. The molecule has 3 aromatic rings. The standard InChI is InChI=1S/C31H31F4N3O4/c1-38-10-7-24(8-11-38)41-26-15-20(12-22(17-26)31(33,34)35)14-23(39)13-19-2-5-28(27(32)16-19)42-25-6-9-36-29(18-25)37-30(40)21-3-4-21/h2,5-6,9,12,15-18,21,24H,3-4,7-8,10-11,13-14H2,1H3,(H,36,37,40). The average Bonchev–Trinajstić information content (AvgIpc) is 3.77. The Bertz CT molecular complexity index is 1450. The second kappa shape index (κ2) is 12.5. The lowest BCUT2D eigenvalue weighted by Gasteiger charge is -2.29. The molecule has 1 aliphatic carbocycles. The number of anilines is 1. The molecule has 0 radical (unpaired) electrons. The van der Waals surface area contributed by atoms with Crippen LogP contribution in [0.15, 0.2) is 54.7 Å². The Hall–Kier alpha value is -3.99. The Morgan fingerprint density at radius 1 is 0.952 bits per heavy atom. The number of carbonyl (C=O) groups is 2. The first-order chi connectivity index (χ1) is 20.0. The summed E-state index contributed by atoms with van der Waals surface area (Å²) in [5.74, 6) is -0.663. The normalized spacial score (nSPS) is 16.2. The molecule has 0 bridgehead atoms. The number of hydrogen-bond acceptors (Lipinski definition) is 6. The van der Waals surface area contributed by atoms with Crippen molar-refractivity contribution in [1.29, 1.82) is 0 Å². The zero-order chi connectivity index (χ0) is 29.9. The van der Waals surface area contributed by atoms with E-state index in [0.29, 0.717) is 24.2 Å². The highest BCUT2D eigenvalue weighted by Gasteiger charge is 2.32. The van der Waals surface area contributed by atoms with Crippen molar-refractivity contribution >= 4 is 17.5 Å². The SMILES string of the molecule is CN1CCC(Oc2cc(CC(=O)Cc3ccc(Oc4ccnc(NC(=O)C5CC5)c4)c(F)c3)cc(C(F)(F)F)c2)CC1. The summed E-state index contributed by atoms with van der Waals surface area (Å²) in [4.78, 5) is 31.0. The molecule has 2 heterocycles. The molecule has 222 valence electrons. The number of alkyl halides is 3. The van der Waals surface area contributed by atoms with Crippen LogP contribution in [0.25, 0.3) is 0 Å². The van der Waals surface area contributed by atoms with E-state index in [1.54, 1.807) is 0 Å². The van der Waals surface area contributed by atoms with Crippen molar-refractivity contribution in [2.45, 2.75) is 50.8 Å². The van der Waals surface area contributed by atoms with E-state index in [1.807, 2.05) is 7.05 Å². The minimum absolute atomic E-state index is 0.00267. The number of ketones is 1. The molecule has 2 fully saturated rings. The molecule has 0 spiro atoms. The van der Waals surface area contributed by atoms with Gasteiger partial charge in [-0.05, 0) is 80.3 Å². The van der Waals surface area contributed by atoms with Gasteiger partial charge in [-0.15, -0.1) is 0 Å². The Morgan fingerprint density at radius 3 is 2.38 bits per heavy atom. The average molecular weight is 586 g/mol. The van der Waals surface area contributed by atoms with E-state index in [9.17, 15) is 27.2 Å². The van der Waals surface area contributed by atoms with E-state index in [1.165, 1.54) is 36.5 Å². The lowest BCUT2D eigenvalue weighted by molar-refractivity contribution is -0.137. The molecule has 11 heteroatoms. The third-order valence-electron chi connectivity index (χ3n) is 7.22. The smallest absolute Gasteiger partial charge is 0.416 e. The summed E-state index contributed by atoms with van der Waals surface area (Å²) in [6.45, 7) is 1.58. The zero-order valence-corrected chi connectivity index (χ0v) is 23.0. The third kappa shape index (κ3) is 8.06. The number of nitrogens with one attached hydrogen (secondary N) is 1. The minimum Gasteiger partial charge on any atom is -0.490 e. The van der Waals surface area contributed by atoms with Gasteiger partial charge in [-0.3, -0.25) is 9.59 Å². The van der Waals surface area contributed by atoms with Crippen LogP contribution in [-0.4, -0.2) is 47.8 Å². The van der Waals surface area contributed by atoms with Crippen LogP contribution >= 0.6 is 0 Å². The molecular formula is C31H31F4N3O4. The second-order valence-corrected chi connectivity index (χ2v) is 10.9. The maximum absolute atomic E-state index is 14.9. The lowest BCUT2D eigenvalue weighted by atomic mass is 10.0. The molecule has 1 N–H and O–H groups in total. The number of likely N-dealkylation sites (tertiary alicyclic amines) is 1. The molecule has 1 saturated carbocycles. The van der Waals surface area contributed by atoms with Gasteiger partial charge in [-0.25, -0.2) is 9.37 Å². The molecule has 42 heavy (non-hydrogen) atoms. The van der Waals surface area contributed by atoms with Crippen molar-refractivity contribution in [2.75, 3.05) is 25.5 Å². The number of pyridine rings is 1. The van der Waals surface area contributed by atoms with Gasteiger partial charge >= 0.3 is 6.18 Å². The van der Waals surface area contributed by atoms with Crippen LogP contribution in [0.3, 0.4) is 0 Å². The van der Waals surface area contributed by atoms with Gasteiger partial charge in [0.05, 0.1) is 5.56 Å². The number of nitrogens with zero attached hydrogens (tertiary/aromatic N) is 2. The largest absolute Gasteiger partial charge is 0.490 e. The number of benzene rings is 2. The van der Waals surface area contributed by atoms with Crippen LogP contribution in [0.2, 0.25) is 0 Å². The summed E-state index contributed by atoms with van der Waals surface area (Å²) in [5.41, 5.74) is -0.346. The fourth-order valence-corrected chi connectivity index (χ4v) is 4.79. The van der Waals surface area contributed by atoms with E-state index in [4.69, 9.17) is 9.47 Å². The molecule has 5 rings (SSSR count). The van der Waals surface area contributed by atoms with Crippen molar-refractivity contribution in [3.05, 3.63) is 77.2 Å². The number of rotatable bonds is 10. The molecule has 1 aromatic heterocycles. The number of halogens is 4. The molecular weight excluding hydrogens is 554 g/mol. The number of hydrogen-bond donors (Lipinski definition) is 1. The Balaban J connectivity index is 1.22. The van der Waals surface area contributed by atoms with Crippen LogP contribution in [-0.2, 0) is 28.6 Å². The highest BCUT2D eigenvalue weighted by Crippen LogP contribution is 2.34. The Kier molecular flexibility index (Phi) is 8.77. The summed E-state index contributed by atoms with van der Waals surface area (Å²) >= 11 is 0. The van der Waals surface area contributed by atoms with Crippen LogP contribution in [0.1, 0.15) is 42.4 Å². The first kappa shape index (κ1) is 29.5. The Morgan fingerprint density at radius 2 is 1.69 bits per heavy atom. The minimum atomic E-state index is -4.60. The van der Waals surface area contributed by atoms with E-state index in [2.05, 4.69) is 15.2 Å². The highest BCUT2D eigenvalue weighted by atomic mass is 19.4. The molecule has 1 saturated heterocycles. The quantitative estimate of drug-likeness (QED) is 0.285. The summed E-state index contributed by atoms with van der Waals surface area (Å²) in [5, 5.41) is 2.70. The number of piperidine rings is 1. The molecule has 7 nitrogen and oxygen atoms in total. The number of Topliss-reactive ketones (excluding diaryl/α,β-unsaturated/α-hetero) is 1. The lowest BCUT2D eigenvalue weighted by Crippen LogP contribution is -2.35. The van der Waals surface area contributed by atoms with Gasteiger partial charge in [0.1, 0.15) is 29.2 Å². The topological polar surface area (TPSA) is 80.8 Å². The number of amides is 1. The molecule has 2 aliphatic rings. The zero-order valence-electron chi connectivity index (χ0n) is 23.0. The van der Waals surface area contributed by atoms with E-state index < -0.39 is 17.6 Å². The third-order valence-corrected chi connectivity index (χ3v) is 7.22. The van der Waals surface area contributed by atoms with Crippen molar-refractivity contribution < 1.29 is 36.6 Å². The molecule has 0 atom stereocenters. The fourth-order valence-electron chi connectivity index (χ4n) is 4.79. The predicted octanol–water partition coefficient (Wildman–Crippen LogP) is 6.21. The van der Waals surface area contributed by atoms with Gasteiger partial charge in [0.2, 0.25) is 5.91 Å². The van der Waals surface area contributed by atoms with Crippen molar-refractivity contribution in [3.63, 3.8) is 0 Å². The summed E-state index contributed by atoms with van der Waals surface area (Å²) in [6, 6.07) is 10.4. The predicted molar refractivity (Wildman–Crippen MR) is 147 cm³/mol. The number of ether oxygens (including phenoxy) is 2. The fraction of sp³-hybridized carbons (Fsp3) is 0.387. The molecule has 0 unspecified atom stereocenters. The van der Waals surface area contributed by atoms with Crippen LogP contribution in [0.4, 0.5) is 23.4 Å².